The van der Waals surface area contributed by atoms with Crippen molar-refractivity contribution in [2.45, 2.75) is 20.8 Å². The minimum atomic E-state index is -0.321. The van der Waals surface area contributed by atoms with Gasteiger partial charge in [0.1, 0.15) is 11.6 Å². The minimum Gasteiger partial charge on any atom is -0.369 e. The molecule has 0 fully saturated rings. The first kappa shape index (κ1) is 13.9. The van der Waals surface area contributed by atoms with Gasteiger partial charge in [0.05, 0.1) is 0 Å². The molecule has 6 nitrogen and oxygen atoms in total. The maximum absolute atomic E-state index is 12.0. The highest BCUT2D eigenvalue weighted by molar-refractivity contribution is 6.02. The van der Waals surface area contributed by atoms with Crippen LogP contribution in [0.3, 0.4) is 0 Å². The molecule has 2 heterocycles. The fraction of sp³-hybridized carbons (Fsp3) is 0.286. The number of aromatic nitrogens is 3. The molecule has 6 heteroatoms. The van der Waals surface area contributed by atoms with E-state index < -0.39 is 0 Å². The summed E-state index contributed by atoms with van der Waals surface area (Å²) in [4.78, 5) is 16.3. The normalized spacial score (nSPS) is 10.2. The van der Waals surface area contributed by atoms with E-state index >= 15 is 0 Å². The van der Waals surface area contributed by atoms with Crippen molar-refractivity contribution in [3.05, 3.63) is 41.2 Å². The zero-order valence-corrected chi connectivity index (χ0v) is 11.8. The number of hydrogen-bond acceptors (Lipinski definition) is 5. The molecule has 20 heavy (non-hydrogen) atoms. The van der Waals surface area contributed by atoms with Crippen LogP contribution in [0.15, 0.2) is 24.3 Å². The van der Waals surface area contributed by atoms with Gasteiger partial charge in [-0.3, -0.25) is 4.79 Å². The van der Waals surface area contributed by atoms with Crippen LogP contribution in [0.25, 0.3) is 0 Å². The maximum Gasteiger partial charge on any atom is 0.277 e. The van der Waals surface area contributed by atoms with Gasteiger partial charge in [0.2, 0.25) is 0 Å². The summed E-state index contributed by atoms with van der Waals surface area (Å²) in [5.74, 6) is 0.844. The number of rotatable bonds is 4. The van der Waals surface area contributed by atoms with Crippen molar-refractivity contribution in [3.63, 3.8) is 0 Å². The highest BCUT2D eigenvalue weighted by Crippen LogP contribution is 2.10. The van der Waals surface area contributed by atoms with Gasteiger partial charge in [-0.1, -0.05) is 0 Å². The molecule has 2 aromatic heterocycles. The second-order valence-corrected chi connectivity index (χ2v) is 4.46. The van der Waals surface area contributed by atoms with E-state index in [-0.39, 0.29) is 11.6 Å². The van der Waals surface area contributed by atoms with Gasteiger partial charge < -0.3 is 10.6 Å². The van der Waals surface area contributed by atoms with Crippen LogP contribution < -0.4 is 10.6 Å². The summed E-state index contributed by atoms with van der Waals surface area (Å²) >= 11 is 0. The smallest absolute Gasteiger partial charge is 0.277 e. The Labute approximate surface area is 117 Å². The van der Waals surface area contributed by atoms with Gasteiger partial charge in [-0.05, 0) is 50.6 Å². The molecule has 2 aromatic rings. The lowest BCUT2D eigenvalue weighted by Crippen LogP contribution is -2.16. The minimum absolute atomic E-state index is 0.257. The Bertz CT molecular complexity index is 589. The van der Waals surface area contributed by atoms with E-state index in [0.29, 0.717) is 11.6 Å². The molecule has 0 saturated heterocycles. The van der Waals surface area contributed by atoms with Crippen LogP contribution >= 0.6 is 0 Å². The molecule has 0 bridgehead atoms. The van der Waals surface area contributed by atoms with Crippen LogP contribution in [0.2, 0.25) is 0 Å². The number of pyridine rings is 1. The third kappa shape index (κ3) is 3.50. The number of nitrogens with one attached hydrogen (secondary N) is 2. The fourth-order valence-corrected chi connectivity index (χ4v) is 1.81. The second kappa shape index (κ2) is 6.10. The number of nitrogens with zero attached hydrogens (tertiary/aromatic N) is 3. The van der Waals surface area contributed by atoms with Gasteiger partial charge in [-0.25, -0.2) is 4.98 Å². The first-order chi connectivity index (χ1) is 9.58. The van der Waals surface area contributed by atoms with Crippen LogP contribution in [0.5, 0.6) is 0 Å². The topological polar surface area (TPSA) is 79.8 Å². The van der Waals surface area contributed by atoms with Gasteiger partial charge in [-0.15, -0.1) is 10.2 Å². The van der Waals surface area contributed by atoms with Gasteiger partial charge >= 0.3 is 0 Å². The zero-order chi connectivity index (χ0) is 14.5. The lowest BCUT2D eigenvalue weighted by Gasteiger charge is -2.06. The van der Waals surface area contributed by atoms with Crippen molar-refractivity contribution in [2.24, 2.45) is 0 Å². The highest BCUT2D eigenvalue weighted by atomic mass is 16.2. The SMILES string of the molecule is CCNc1ccc(C(=O)Nc2cc(C)cc(C)n2)nn1. The van der Waals surface area contributed by atoms with E-state index in [2.05, 4.69) is 25.8 Å². The number of carbonyl (C=O) groups excluding carboxylic acids is 1. The van der Waals surface area contributed by atoms with Gasteiger partial charge in [0, 0.05) is 12.2 Å². The summed E-state index contributed by atoms with van der Waals surface area (Å²) in [6.45, 7) is 6.56. The zero-order valence-electron chi connectivity index (χ0n) is 11.8. The quantitative estimate of drug-likeness (QED) is 0.890. The molecule has 0 unspecified atom stereocenters. The van der Waals surface area contributed by atoms with Crippen LogP contribution in [-0.2, 0) is 0 Å². The van der Waals surface area contributed by atoms with Crippen molar-refractivity contribution in [2.75, 3.05) is 17.2 Å². The maximum atomic E-state index is 12.0. The molecule has 0 aliphatic heterocycles. The Morgan fingerprint density at radius 3 is 2.55 bits per heavy atom. The molecule has 0 radical (unpaired) electrons. The van der Waals surface area contributed by atoms with Crippen molar-refractivity contribution in [1.29, 1.82) is 0 Å². The number of carbonyl (C=O) groups is 1. The monoisotopic (exact) mass is 271 g/mol. The van der Waals surface area contributed by atoms with Crippen molar-refractivity contribution in [1.82, 2.24) is 15.2 Å². The highest BCUT2D eigenvalue weighted by Gasteiger charge is 2.09. The van der Waals surface area contributed by atoms with E-state index in [1.54, 1.807) is 12.1 Å². The number of aryl methyl sites for hydroxylation is 2. The van der Waals surface area contributed by atoms with E-state index in [9.17, 15) is 4.79 Å². The van der Waals surface area contributed by atoms with Gasteiger partial charge in [0.15, 0.2) is 5.69 Å². The second-order valence-electron chi connectivity index (χ2n) is 4.46. The summed E-state index contributed by atoms with van der Waals surface area (Å²) in [5, 5.41) is 13.5. The number of anilines is 2. The van der Waals surface area contributed by atoms with Crippen LogP contribution in [0.1, 0.15) is 28.7 Å². The summed E-state index contributed by atoms with van der Waals surface area (Å²) in [6, 6.07) is 7.11. The predicted octanol–water partition coefficient (Wildman–Crippen LogP) is 2.17. The molecular weight excluding hydrogens is 254 g/mol. The molecule has 0 aliphatic rings. The number of hydrogen-bond donors (Lipinski definition) is 2. The lowest BCUT2D eigenvalue weighted by atomic mass is 10.2. The standard InChI is InChI=1S/C14H17N5O/c1-4-15-12-6-5-11(18-19-12)14(20)17-13-8-9(2)7-10(3)16-13/h5-8H,4H2,1-3H3,(H,15,19)(H,16,17,20). The van der Waals surface area contributed by atoms with E-state index in [4.69, 9.17) is 0 Å². The molecule has 0 atom stereocenters. The molecule has 1 amide bonds. The number of amides is 1. The molecule has 0 aromatic carbocycles. The van der Waals surface area contributed by atoms with E-state index in [1.807, 2.05) is 32.9 Å². The molecule has 0 saturated carbocycles. The molecule has 2 N–H and O–H groups in total. The van der Waals surface area contributed by atoms with E-state index in [1.165, 1.54) is 0 Å². The Morgan fingerprint density at radius 2 is 1.95 bits per heavy atom. The summed E-state index contributed by atoms with van der Waals surface area (Å²) in [5.41, 5.74) is 2.16. The molecule has 0 spiro atoms. The molecule has 2 rings (SSSR count). The van der Waals surface area contributed by atoms with Crippen LogP contribution in [0, 0.1) is 13.8 Å². The molecule has 0 aliphatic carbocycles. The molecule has 104 valence electrons. The van der Waals surface area contributed by atoms with Crippen molar-refractivity contribution < 1.29 is 4.79 Å². The summed E-state index contributed by atoms with van der Waals surface area (Å²) in [6.07, 6.45) is 0. The average molecular weight is 271 g/mol. The van der Waals surface area contributed by atoms with E-state index in [0.717, 1.165) is 17.8 Å². The first-order valence-electron chi connectivity index (χ1n) is 6.42. The Morgan fingerprint density at radius 1 is 1.15 bits per heavy atom. The van der Waals surface area contributed by atoms with Crippen LogP contribution in [0.4, 0.5) is 11.6 Å². The Hall–Kier alpha value is -2.50. The van der Waals surface area contributed by atoms with Crippen molar-refractivity contribution in [3.8, 4) is 0 Å². The van der Waals surface area contributed by atoms with Crippen LogP contribution in [-0.4, -0.2) is 27.6 Å². The lowest BCUT2D eigenvalue weighted by molar-refractivity contribution is 0.102. The summed E-state index contributed by atoms with van der Waals surface area (Å²) < 4.78 is 0. The van der Waals surface area contributed by atoms with Gasteiger partial charge in [-0.2, -0.15) is 0 Å². The first-order valence-corrected chi connectivity index (χ1v) is 6.42. The third-order valence-electron chi connectivity index (χ3n) is 2.59. The average Bonchev–Trinajstić information content (AvgIpc) is 2.38. The largest absolute Gasteiger partial charge is 0.369 e. The van der Waals surface area contributed by atoms with Gasteiger partial charge in [0.25, 0.3) is 5.91 Å². The Kier molecular flexibility index (Phi) is 4.24. The predicted molar refractivity (Wildman–Crippen MR) is 77.9 cm³/mol. The molecular formula is C14H17N5O. The Balaban J connectivity index is 2.11. The van der Waals surface area contributed by atoms with Crippen molar-refractivity contribution >= 4 is 17.5 Å². The summed E-state index contributed by atoms with van der Waals surface area (Å²) in [7, 11) is 0. The fourth-order valence-electron chi connectivity index (χ4n) is 1.81. The third-order valence-corrected chi connectivity index (χ3v) is 2.59.